The summed E-state index contributed by atoms with van der Waals surface area (Å²) in [6, 6.07) is 58.0. The first-order valence-corrected chi connectivity index (χ1v) is 71.6. The van der Waals surface area contributed by atoms with E-state index in [2.05, 4.69) is 126 Å². The summed E-state index contributed by atoms with van der Waals surface area (Å²) in [7, 11) is -15.0. The summed E-state index contributed by atoms with van der Waals surface area (Å²) in [6.45, 7) is 27.4. The Labute approximate surface area is 778 Å². The molecule has 0 spiro atoms. The van der Waals surface area contributed by atoms with Crippen LogP contribution < -0.4 is 25.9 Å². The van der Waals surface area contributed by atoms with Gasteiger partial charge in [0.1, 0.15) is 11.7 Å². The van der Waals surface area contributed by atoms with Crippen LogP contribution in [0.4, 0.5) is 0 Å². The fraction of sp³-hybridized carbons (Fsp3) is 0.670. The maximum absolute atomic E-state index is 10.1. The molecule has 37 heteroatoms. The average molecular weight is 1980 g/mol. The second-order valence-electron chi connectivity index (χ2n) is 36.4. The van der Waals surface area contributed by atoms with Crippen LogP contribution in [-0.4, -0.2) is 318 Å². The van der Waals surface area contributed by atoms with E-state index in [0.717, 1.165) is 86.0 Å². The monoisotopic (exact) mass is 1970 g/mol. The zero-order valence-electron chi connectivity index (χ0n) is 80.7. The highest BCUT2D eigenvalue weighted by atomic mass is 28.5. The highest BCUT2D eigenvalue weighted by molar-refractivity contribution is 6.94. The summed E-state index contributed by atoms with van der Waals surface area (Å²) in [5.74, 6) is 0.374. The lowest BCUT2D eigenvalue weighted by atomic mass is 9.84. The Kier molecular flexibility index (Phi) is 59.5. The Morgan fingerprint density at radius 1 is 0.359 bits per heavy atom. The van der Waals surface area contributed by atoms with Crippen LogP contribution in [0.3, 0.4) is 0 Å². The molecule has 0 heterocycles. The molecule has 1 fully saturated rings. The predicted molar refractivity (Wildman–Crippen MR) is 534 cm³/mol. The summed E-state index contributed by atoms with van der Waals surface area (Å²) in [6.07, 6.45) is 4.29. The summed E-state index contributed by atoms with van der Waals surface area (Å²) in [4.78, 5) is 0. The van der Waals surface area contributed by atoms with Crippen molar-refractivity contribution in [1.29, 1.82) is 0 Å². The summed E-state index contributed by atoms with van der Waals surface area (Å²) in [5, 5.41) is 148. The smallest absolute Gasteiger partial charge is 0.330 e. The molecule has 14 atom stereocenters. The first kappa shape index (κ1) is 121. The lowest BCUT2D eigenvalue weighted by Crippen LogP contribution is -2.57. The molecule has 1 saturated carbocycles. The Balaban J connectivity index is 0.000000543. The maximum Gasteiger partial charge on any atom is 0.330 e. The molecule has 14 unspecified atom stereocenters. The van der Waals surface area contributed by atoms with Crippen LogP contribution in [0.15, 0.2) is 152 Å². The van der Waals surface area contributed by atoms with Crippen molar-refractivity contribution in [3.8, 4) is 0 Å². The van der Waals surface area contributed by atoms with E-state index in [4.69, 9.17) is 67.5 Å². The normalized spacial score (nSPS) is 18.6. The minimum atomic E-state index is -2.70. The molecule has 1 aliphatic rings. The van der Waals surface area contributed by atoms with Crippen LogP contribution in [0.2, 0.25) is 126 Å². The average Bonchev–Trinajstić information content (AvgIpc) is 0.808. The highest BCUT2D eigenvalue weighted by Crippen LogP contribution is 2.36. The fourth-order valence-electron chi connectivity index (χ4n) is 15.6. The van der Waals surface area contributed by atoms with Crippen molar-refractivity contribution in [2.75, 3.05) is 108 Å². The molecular formula is C91H170O27Si10. The van der Waals surface area contributed by atoms with Crippen molar-refractivity contribution in [3.63, 3.8) is 0 Å². The van der Waals surface area contributed by atoms with E-state index < -0.39 is 133 Å². The molecule has 15 N–H and O–H groups in total. The highest BCUT2D eigenvalue weighted by Gasteiger charge is 2.49. The molecule has 0 saturated heterocycles. The molecule has 5 aromatic rings. The van der Waals surface area contributed by atoms with Crippen molar-refractivity contribution < 1.29 is 129 Å². The van der Waals surface area contributed by atoms with Crippen molar-refractivity contribution in [2.24, 2.45) is 5.92 Å². The molecule has 1 aliphatic carbocycles. The number of aliphatic hydroxyl groups excluding tert-OH is 14. The second kappa shape index (κ2) is 62.8. The minimum absolute atomic E-state index is 0.0595. The lowest BCUT2D eigenvalue weighted by molar-refractivity contribution is -0.102. The Morgan fingerprint density at radius 2 is 0.664 bits per heavy atom. The van der Waals surface area contributed by atoms with E-state index in [1.807, 2.05) is 91.0 Å². The molecule has 0 aliphatic heterocycles. The van der Waals surface area contributed by atoms with Gasteiger partial charge < -0.3 is 129 Å². The van der Waals surface area contributed by atoms with Crippen LogP contribution in [0.25, 0.3) is 0 Å². The van der Waals surface area contributed by atoms with Gasteiger partial charge in [0.05, 0.1) is 63.1 Å². The minimum Gasteiger partial charge on any atom is -0.432 e. The van der Waals surface area contributed by atoms with Crippen LogP contribution in [0.1, 0.15) is 104 Å². The van der Waals surface area contributed by atoms with Crippen molar-refractivity contribution in [2.45, 2.75) is 278 Å². The van der Waals surface area contributed by atoms with Gasteiger partial charge in [0.15, 0.2) is 0 Å². The van der Waals surface area contributed by atoms with Gasteiger partial charge >= 0.3 is 42.8 Å². The summed E-state index contributed by atoms with van der Waals surface area (Å²) >= 11 is 0. The van der Waals surface area contributed by atoms with E-state index in [0.29, 0.717) is 82.2 Å². The third kappa shape index (κ3) is 45.4. The second-order valence-corrected chi connectivity index (χ2v) is 74.5. The predicted octanol–water partition coefficient (Wildman–Crippen LogP) is 9.02. The molecular weight excluding hydrogens is 1810 g/mol. The molecule has 6 rings (SSSR count). The van der Waals surface area contributed by atoms with Gasteiger partial charge in [0.2, 0.25) is 41.6 Å². The molecule has 27 nitrogen and oxygen atoms in total. The Morgan fingerprint density at radius 3 is 0.961 bits per heavy atom. The van der Waals surface area contributed by atoms with E-state index in [1.54, 1.807) is 56.3 Å². The summed E-state index contributed by atoms with van der Waals surface area (Å²) < 4.78 is 74.0. The first-order chi connectivity index (χ1) is 60.4. The third-order valence-electron chi connectivity index (χ3n) is 23.7. The van der Waals surface area contributed by atoms with Crippen molar-refractivity contribution >= 4 is 110 Å². The number of rotatable bonds is 60. The zero-order valence-corrected chi connectivity index (χ0v) is 90.7. The number of benzene rings is 5. The zero-order chi connectivity index (χ0) is 96.2. The Hall–Kier alpha value is -2.81. The van der Waals surface area contributed by atoms with Gasteiger partial charge in [-0.15, -0.1) is 0 Å². The molecule has 0 amide bonds. The topological polar surface area (TPSA) is 414 Å². The van der Waals surface area contributed by atoms with Crippen molar-refractivity contribution in [3.05, 3.63) is 152 Å². The van der Waals surface area contributed by atoms with Crippen LogP contribution in [-0.2, 0) is 52.2 Å². The molecule has 0 aromatic heterocycles. The van der Waals surface area contributed by atoms with Gasteiger partial charge in [-0.1, -0.05) is 165 Å². The molecule has 128 heavy (non-hydrogen) atoms. The van der Waals surface area contributed by atoms with Gasteiger partial charge in [-0.3, -0.25) is 0 Å². The largest absolute Gasteiger partial charge is 0.432 e. The maximum atomic E-state index is 10.1. The number of hydrogen-bond acceptors (Lipinski definition) is 27. The number of ether oxygens (including phenoxy) is 2. The van der Waals surface area contributed by atoms with Crippen molar-refractivity contribution in [1.82, 2.24) is 0 Å². The van der Waals surface area contributed by atoms with Crippen LogP contribution in [0.5, 0.6) is 0 Å². The number of aliphatic hydroxyl groups is 15. The van der Waals surface area contributed by atoms with E-state index in [1.165, 1.54) is 20.7 Å². The van der Waals surface area contributed by atoms with Gasteiger partial charge in [-0.05, 0) is 237 Å². The lowest BCUT2D eigenvalue weighted by Gasteiger charge is -2.38. The van der Waals surface area contributed by atoms with Gasteiger partial charge in [-0.2, -0.15) is 0 Å². The third-order valence-corrected chi connectivity index (χ3v) is 64.6. The fourth-order valence-corrected chi connectivity index (χ4v) is 57.4. The molecule has 736 valence electrons. The molecule has 0 bridgehead atoms. The first-order valence-electron chi connectivity index (χ1n) is 45.9. The quantitative estimate of drug-likeness (QED) is 0.0127. The van der Waals surface area contributed by atoms with Gasteiger partial charge in [-0.25, -0.2) is 0 Å². The van der Waals surface area contributed by atoms with E-state index in [-0.39, 0.29) is 59.5 Å². The summed E-state index contributed by atoms with van der Waals surface area (Å²) in [5.41, 5.74) is -1.26. The number of hydrogen-bond donors (Lipinski definition) is 15. The van der Waals surface area contributed by atoms with E-state index in [9.17, 15) is 61.3 Å². The van der Waals surface area contributed by atoms with Crippen LogP contribution in [0, 0.1) is 5.92 Å². The van der Waals surface area contributed by atoms with E-state index >= 15 is 0 Å². The molecule has 0 radical (unpaired) electrons. The molecule has 5 aromatic carbocycles. The van der Waals surface area contributed by atoms with Gasteiger partial charge in [0, 0.05) is 93.9 Å². The SMILES string of the molecule is CO[Si](CCCO)(CC(O)CO)O[Si](C)(C)c1ccccc1.CO[Si](CCCO)(CCCCC(O)C(C)O)O[Si](C)(C)c1ccccc1.CO[Si](CCCO)(CCCOCC(C)(O)C(C)O)O[Si](C)(C)c1ccccc1.CO[Si](CCCO)(CCCOCC(O)CO)O[Si](C)(C)c1ccccc1.CO[Si](CCO)(CCC1CCC(O)C(O)C1)O[Si](C)(C)c1ccccc1. The Bertz CT molecular complexity index is 3580. The van der Waals surface area contributed by atoms with Gasteiger partial charge in [0.25, 0.3) is 0 Å². The standard InChI is InChI=1S/C20H38O6Si2.C19H34O5Si2.C19H36O5Si2.C18H34O6Si2.C15H28O5Si2/c1-18(22)20(2,23)17-25-14-10-16-28(24-3,15-9-13-21)26-27(4,5)19-11-7-6-8-12-19;1-23-26(14-12-20,13-11-16-9-10-18(21)19(22)15-16)24-25(2,3)17-7-5-4-6-8-17;1-17(21)19(22)13-8-9-15-26(23-2,16-10-14-20)24-25(3,4)18-11-6-5-7-12-18;1-22-26(13-7-11-19,14-8-12-23-16-17(21)15-20)24-25(2,3)18-9-5-4-6-10-18;1-19-22(11-7-10-16,13-14(18)12-17)20-21(2,3)15-8-5-4-6-9-15/h6-8,11-12,18,21-23H,9-10,13-17H2,1-5H3;4-8,16,18-22H,9-15H2,1-3H3;5-7,11-12,17,19-22H,8-10,13-16H2,1-4H3;4-6,9-10,17,19-21H,7-8,11-16H2,1-3H3;4-6,8-9,14,16-18H,7,10-13H2,1-3H3. The van der Waals surface area contributed by atoms with Crippen LogP contribution >= 0.6 is 0 Å². The number of unbranched alkanes of at least 4 members (excludes halogenated alkanes) is 1.